The predicted octanol–water partition coefficient (Wildman–Crippen LogP) is 2.82. The van der Waals surface area contributed by atoms with Gasteiger partial charge in [0.05, 0.1) is 23.2 Å². The third-order valence-electron chi connectivity index (χ3n) is 5.54. The zero-order valence-electron chi connectivity index (χ0n) is 16.4. The molecule has 8 nitrogen and oxygen atoms in total. The van der Waals surface area contributed by atoms with Crippen LogP contribution in [0.3, 0.4) is 0 Å². The molecule has 0 spiro atoms. The number of nitrogens with zero attached hydrogens (tertiary/aromatic N) is 6. The highest BCUT2D eigenvalue weighted by molar-refractivity contribution is 5.93. The van der Waals surface area contributed by atoms with E-state index in [0.717, 1.165) is 22.8 Å². The summed E-state index contributed by atoms with van der Waals surface area (Å²) in [4.78, 5) is 22.6. The Kier molecular flexibility index (Phi) is 4.16. The number of rotatable bonds is 3. The van der Waals surface area contributed by atoms with Crippen LogP contribution in [0.15, 0.2) is 36.8 Å². The van der Waals surface area contributed by atoms with Crippen molar-refractivity contribution in [3.63, 3.8) is 0 Å². The average Bonchev–Trinajstić information content (AvgIpc) is 3.44. The van der Waals surface area contributed by atoms with Crippen molar-refractivity contribution in [2.45, 2.75) is 25.8 Å². The topological polar surface area (TPSA) is 84.1 Å². The molecule has 5 rings (SSSR count). The van der Waals surface area contributed by atoms with Gasteiger partial charge in [-0.3, -0.25) is 9.48 Å². The van der Waals surface area contributed by atoms with Gasteiger partial charge in [-0.1, -0.05) is 6.07 Å². The lowest BCUT2D eigenvalue weighted by Crippen LogP contribution is -2.41. The molecular weight excluding hydrogens is 392 g/mol. The Bertz CT molecular complexity index is 1260. The molecule has 30 heavy (non-hydrogen) atoms. The van der Waals surface area contributed by atoms with E-state index in [1.165, 1.54) is 11.7 Å². The highest BCUT2D eigenvalue weighted by atomic mass is 19.3. The molecule has 0 aliphatic carbocycles. The van der Waals surface area contributed by atoms with Crippen LogP contribution in [-0.2, 0) is 13.5 Å². The first-order valence-electron chi connectivity index (χ1n) is 9.54. The maximum absolute atomic E-state index is 13.4. The summed E-state index contributed by atoms with van der Waals surface area (Å²) in [7, 11) is 1.49. The van der Waals surface area contributed by atoms with Crippen molar-refractivity contribution >= 4 is 11.4 Å². The molecule has 0 bridgehead atoms. The molecule has 1 atom stereocenters. The molecule has 1 aliphatic rings. The second-order valence-electron chi connectivity index (χ2n) is 7.39. The molecule has 0 aromatic carbocycles. The number of aromatic amines is 1. The maximum Gasteiger partial charge on any atom is 0.282 e. The van der Waals surface area contributed by atoms with Crippen molar-refractivity contribution in [2.75, 3.05) is 6.54 Å². The summed E-state index contributed by atoms with van der Waals surface area (Å²) < 4.78 is 29.2. The number of aryl methyl sites for hydroxylation is 2. The quantitative estimate of drug-likeness (QED) is 0.562. The van der Waals surface area contributed by atoms with Gasteiger partial charge in [0.25, 0.3) is 12.3 Å². The van der Waals surface area contributed by atoms with E-state index >= 15 is 0 Å². The van der Waals surface area contributed by atoms with E-state index in [9.17, 15) is 13.6 Å². The van der Waals surface area contributed by atoms with Gasteiger partial charge in [0, 0.05) is 31.9 Å². The Hall–Kier alpha value is -3.56. The molecule has 1 N–H and O–H groups in total. The van der Waals surface area contributed by atoms with Crippen LogP contribution in [0.25, 0.3) is 5.52 Å². The van der Waals surface area contributed by atoms with Crippen molar-refractivity contribution < 1.29 is 13.6 Å². The monoisotopic (exact) mass is 411 g/mol. The van der Waals surface area contributed by atoms with Crippen LogP contribution < -0.4 is 0 Å². The Morgan fingerprint density at radius 1 is 1.30 bits per heavy atom. The Morgan fingerprint density at radius 3 is 2.87 bits per heavy atom. The number of halogens is 2. The molecule has 154 valence electrons. The molecule has 1 amide bonds. The standard InChI is InChI=1S/C20H19F2N7O/c1-11-4-3-6-29-15(11)8-13(26-29)18-17-12(23-10-24-17)5-7-28(18)20(30)16-9-14(19(21)22)25-27(16)2/h3-4,6,8-10,18-19H,5,7H2,1-2H3,(H,23,24)/t18-/m0/s1. The summed E-state index contributed by atoms with van der Waals surface area (Å²) in [6.45, 7) is 2.40. The van der Waals surface area contributed by atoms with E-state index in [2.05, 4.69) is 20.2 Å². The zero-order chi connectivity index (χ0) is 21.0. The van der Waals surface area contributed by atoms with Crippen molar-refractivity contribution in [2.24, 2.45) is 7.05 Å². The number of hydrogen-bond acceptors (Lipinski definition) is 4. The molecule has 0 fully saturated rings. The number of pyridine rings is 1. The molecule has 1 aliphatic heterocycles. The fraction of sp³-hybridized carbons (Fsp3) is 0.300. The molecule has 0 saturated carbocycles. The van der Waals surface area contributed by atoms with Crippen molar-refractivity contribution in [1.29, 1.82) is 0 Å². The summed E-state index contributed by atoms with van der Waals surface area (Å²) >= 11 is 0. The number of aromatic nitrogens is 6. The summed E-state index contributed by atoms with van der Waals surface area (Å²) in [5.74, 6) is -0.385. The van der Waals surface area contributed by atoms with Crippen molar-refractivity contribution in [3.8, 4) is 0 Å². The van der Waals surface area contributed by atoms with Gasteiger partial charge >= 0.3 is 0 Å². The molecule has 0 saturated heterocycles. The van der Waals surface area contributed by atoms with Gasteiger partial charge in [-0.2, -0.15) is 10.2 Å². The molecular formula is C20H19F2N7O. The maximum atomic E-state index is 13.4. The smallest absolute Gasteiger partial charge is 0.282 e. The van der Waals surface area contributed by atoms with Crippen LogP contribution in [0.4, 0.5) is 8.78 Å². The van der Waals surface area contributed by atoms with Crippen molar-refractivity contribution in [1.82, 2.24) is 34.3 Å². The lowest BCUT2D eigenvalue weighted by Gasteiger charge is -2.33. The Balaban J connectivity index is 1.62. The Morgan fingerprint density at radius 2 is 2.13 bits per heavy atom. The van der Waals surface area contributed by atoms with Crippen molar-refractivity contribution in [3.05, 3.63) is 70.8 Å². The third kappa shape index (κ3) is 2.78. The number of carbonyl (C=O) groups is 1. The van der Waals surface area contributed by atoms with Gasteiger partial charge in [-0.05, 0) is 30.7 Å². The van der Waals surface area contributed by atoms with Gasteiger partial charge < -0.3 is 9.88 Å². The second kappa shape index (κ2) is 6.75. The van der Waals surface area contributed by atoms with E-state index in [1.807, 2.05) is 31.3 Å². The molecule has 0 unspecified atom stereocenters. The van der Waals surface area contributed by atoms with Crippen LogP contribution in [-0.4, -0.2) is 46.7 Å². The lowest BCUT2D eigenvalue weighted by atomic mass is 9.99. The SMILES string of the molecule is Cc1cccn2nc([C@H]3c4nc[nH]c4CCN3C(=O)c3cc(C(F)F)nn3C)cc12. The highest BCUT2D eigenvalue weighted by Crippen LogP contribution is 2.34. The van der Waals surface area contributed by atoms with Crippen LogP contribution in [0, 0.1) is 6.92 Å². The molecule has 4 aromatic heterocycles. The normalized spacial score (nSPS) is 16.4. The average molecular weight is 411 g/mol. The minimum Gasteiger partial charge on any atom is -0.348 e. The number of H-pyrrole nitrogens is 1. The number of hydrogen-bond donors (Lipinski definition) is 1. The first kappa shape index (κ1) is 18.5. The van der Waals surface area contributed by atoms with E-state index in [0.29, 0.717) is 24.4 Å². The summed E-state index contributed by atoms with van der Waals surface area (Å²) in [5.41, 5.74) is 4.00. The van der Waals surface area contributed by atoms with Crippen LogP contribution in [0.5, 0.6) is 0 Å². The number of fused-ring (bicyclic) bond motifs is 2. The number of carbonyl (C=O) groups excluding carboxylic acids is 1. The van der Waals surface area contributed by atoms with Gasteiger partial charge in [0.2, 0.25) is 0 Å². The zero-order valence-corrected chi connectivity index (χ0v) is 16.4. The van der Waals surface area contributed by atoms with E-state index in [-0.39, 0.29) is 11.6 Å². The van der Waals surface area contributed by atoms with E-state index in [1.54, 1.807) is 15.7 Å². The highest BCUT2D eigenvalue weighted by Gasteiger charge is 2.37. The summed E-state index contributed by atoms with van der Waals surface area (Å²) in [6.07, 6.45) is 1.30. The van der Waals surface area contributed by atoms with E-state index < -0.39 is 18.2 Å². The predicted molar refractivity (Wildman–Crippen MR) is 103 cm³/mol. The second-order valence-corrected chi connectivity index (χ2v) is 7.39. The largest absolute Gasteiger partial charge is 0.348 e. The molecule has 10 heteroatoms. The van der Waals surface area contributed by atoms with Gasteiger partial charge in [0.15, 0.2) is 0 Å². The van der Waals surface area contributed by atoms with Crippen LogP contribution in [0.1, 0.15) is 51.3 Å². The van der Waals surface area contributed by atoms with Gasteiger partial charge in [0.1, 0.15) is 17.4 Å². The molecule has 0 radical (unpaired) electrons. The number of alkyl halides is 2. The van der Waals surface area contributed by atoms with Gasteiger partial charge in [-0.25, -0.2) is 18.3 Å². The van der Waals surface area contributed by atoms with Crippen LogP contribution >= 0.6 is 0 Å². The first-order valence-corrected chi connectivity index (χ1v) is 9.54. The summed E-state index contributed by atoms with van der Waals surface area (Å²) in [6, 6.07) is 6.46. The first-order chi connectivity index (χ1) is 14.4. The minimum absolute atomic E-state index is 0.106. The minimum atomic E-state index is -2.74. The van der Waals surface area contributed by atoms with Crippen LogP contribution in [0.2, 0.25) is 0 Å². The number of imidazole rings is 1. The number of amides is 1. The molecule has 4 aromatic rings. The summed E-state index contributed by atoms with van der Waals surface area (Å²) in [5, 5.41) is 8.47. The fourth-order valence-corrected chi connectivity index (χ4v) is 4.05. The lowest BCUT2D eigenvalue weighted by molar-refractivity contribution is 0.0675. The molecule has 5 heterocycles. The Labute approximate surface area is 170 Å². The van der Waals surface area contributed by atoms with E-state index in [4.69, 9.17) is 0 Å². The van der Waals surface area contributed by atoms with Gasteiger partial charge in [-0.15, -0.1) is 0 Å². The third-order valence-corrected chi connectivity index (χ3v) is 5.54. The number of nitrogens with one attached hydrogen (secondary N) is 1. The fourth-order valence-electron chi connectivity index (χ4n) is 4.05.